The maximum Gasteiger partial charge on any atom is 0.258 e. The molecule has 33 heavy (non-hydrogen) atoms. The normalized spacial score (nSPS) is 13.9. The molecule has 2 aromatic heterocycles. The number of fused-ring (bicyclic) bond motifs is 1. The summed E-state index contributed by atoms with van der Waals surface area (Å²) in [5.74, 6) is -0.480. The number of rotatable bonds is 4. The van der Waals surface area contributed by atoms with Crippen LogP contribution in [0.15, 0.2) is 53.5 Å². The number of benzene rings is 2. The number of hydrogen-bond acceptors (Lipinski definition) is 6. The van der Waals surface area contributed by atoms with Crippen LogP contribution in [-0.4, -0.2) is 64.1 Å². The number of carbonyl (C=O) groups excluding carboxylic acids is 1. The zero-order valence-corrected chi connectivity index (χ0v) is 17.8. The van der Waals surface area contributed by atoms with Crippen molar-refractivity contribution in [2.45, 2.75) is 0 Å². The Labute approximate surface area is 187 Å². The Morgan fingerprint density at radius 2 is 1.88 bits per heavy atom. The Balaban J connectivity index is 1.42. The molecule has 1 fully saturated rings. The molecular weight excluding hydrogens is 427 g/mol. The first-order valence-electron chi connectivity index (χ1n) is 10.5. The maximum absolute atomic E-state index is 14.1. The first-order chi connectivity index (χ1) is 16.0. The average Bonchev–Trinajstić information content (AvgIpc) is 3.34. The summed E-state index contributed by atoms with van der Waals surface area (Å²) in [5, 5.41) is 12.0. The lowest BCUT2D eigenvalue weighted by Gasteiger charge is -2.27. The van der Waals surface area contributed by atoms with Gasteiger partial charge in [0, 0.05) is 43.2 Å². The summed E-state index contributed by atoms with van der Waals surface area (Å²) >= 11 is 0. The number of methoxy groups -OCH3 is 1. The molecule has 4 aromatic rings. The van der Waals surface area contributed by atoms with Crippen LogP contribution in [0.25, 0.3) is 27.8 Å². The van der Waals surface area contributed by atoms with Gasteiger partial charge in [-0.15, -0.1) is 5.10 Å². The number of aromatic nitrogens is 4. The SMILES string of the molecule is COc1cc2[nH]c(=O)c(-c3cn(-c4ccc(C(=O)N5CCNCC5)cc4)nn3)cc2cc1F. The molecule has 0 unspecified atom stereocenters. The van der Waals surface area contributed by atoms with Gasteiger partial charge in [-0.25, -0.2) is 9.07 Å². The van der Waals surface area contributed by atoms with E-state index in [4.69, 9.17) is 4.74 Å². The third-order valence-electron chi connectivity index (χ3n) is 5.67. The Bertz CT molecular complexity index is 1390. The van der Waals surface area contributed by atoms with Gasteiger partial charge in [-0.2, -0.15) is 0 Å². The number of pyridine rings is 1. The van der Waals surface area contributed by atoms with E-state index in [1.165, 1.54) is 23.9 Å². The standard InChI is InChI=1S/C23H21FN6O3/c1-33-21-12-19-15(11-18(21)24)10-17(22(31)26-19)20-13-30(28-27-20)16-4-2-14(3-5-16)23(32)29-8-6-25-7-9-29/h2-5,10-13,25H,6-9H2,1H3,(H,26,31). The second kappa shape index (κ2) is 8.47. The van der Waals surface area contributed by atoms with E-state index >= 15 is 0 Å². The number of amides is 1. The van der Waals surface area contributed by atoms with Crippen molar-refractivity contribution in [1.29, 1.82) is 0 Å². The summed E-state index contributed by atoms with van der Waals surface area (Å²) in [6.07, 6.45) is 1.61. The first-order valence-corrected chi connectivity index (χ1v) is 10.5. The minimum atomic E-state index is -0.526. The molecular formula is C23H21FN6O3. The smallest absolute Gasteiger partial charge is 0.258 e. The highest BCUT2D eigenvalue weighted by Crippen LogP contribution is 2.25. The molecule has 0 bridgehead atoms. The highest BCUT2D eigenvalue weighted by Gasteiger charge is 2.18. The fraction of sp³-hybridized carbons (Fsp3) is 0.217. The van der Waals surface area contributed by atoms with Gasteiger partial charge in [-0.1, -0.05) is 5.21 Å². The Morgan fingerprint density at radius 1 is 1.12 bits per heavy atom. The van der Waals surface area contributed by atoms with Gasteiger partial charge in [0.25, 0.3) is 11.5 Å². The van der Waals surface area contributed by atoms with E-state index < -0.39 is 5.82 Å². The fourth-order valence-electron chi connectivity index (χ4n) is 3.87. The molecule has 0 spiro atoms. The van der Waals surface area contributed by atoms with Gasteiger partial charge in [-0.3, -0.25) is 9.59 Å². The minimum Gasteiger partial charge on any atom is -0.494 e. The molecule has 1 aliphatic heterocycles. The van der Waals surface area contributed by atoms with Gasteiger partial charge >= 0.3 is 0 Å². The van der Waals surface area contributed by atoms with Crippen molar-refractivity contribution in [3.05, 3.63) is 70.4 Å². The third-order valence-corrected chi connectivity index (χ3v) is 5.67. The highest BCUT2D eigenvalue weighted by molar-refractivity contribution is 5.94. The number of H-pyrrole nitrogens is 1. The van der Waals surface area contributed by atoms with Gasteiger partial charge in [0.2, 0.25) is 0 Å². The number of aromatic amines is 1. The van der Waals surface area contributed by atoms with E-state index in [1.54, 1.807) is 36.5 Å². The van der Waals surface area contributed by atoms with E-state index in [0.717, 1.165) is 13.1 Å². The zero-order valence-electron chi connectivity index (χ0n) is 17.8. The lowest BCUT2D eigenvalue weighted by atomic mass is 10.1. The number of nitrogens with zero attached hydrogens (tertiary/aromatic N) is 4. The molecule has 3 heterocycles. The van der Waals surface area contributed by atoms with Crippen LogP contribution in [0, 0.1) is 5.82 Å². The van der Waals surface area contributed by atoms with Crippen molar-refractivity contribution < 1.29 is 13.9 Å². The van der Waals surface area contributed by atoms with E-state index in [2.05, 4.69) is 20.6 Å². The minimum absolute atomic E-state index is 0.00566. The number of carbonyl (C=O) groups is 1. The second-order valence-electron chi connectivity index (χ2n) is 7.72. The summed E-state index contributed by atoms with van der Waals surface area (Å²) in [4.78, 5) is 29.8. The molecule has 1 saturated heterocycles. The summed E-state index contributed by atoms with van der Waals surface area (Å²) in [7, 11) is 1.36. The summed E-state index contributed by atoms with van der Waals surface area (Å²) in [5.41, 5.74) is 1.99. The van der Waals surface area contributed by atoms with Crippen LogP contribution in [0.5, 0.6) is 5.75 Å². The summed E-state index contributed by atoms with van der Waals surface area (Å²) < 4.78 is 20.6. The average molecular weight is 448 g/mol. The van der Waals surface area contributed by atoms with Crippen LogP contribution in [-0.2, 0) is 0 Å². The molecule has 1 aliphatic rings. The molecule has 0 saturated carbocycles. The molecule has 168 valence electrons. The Morgan fingerprint density at radius 3 is 2.61 bits per heavy atom. The lowest BCUT2D eigenvalue weighted by Crippen LogP contribution is -2.46. The summed E-state index contributed by atoms with van der Waals surface area (Å²) in [6.45, 7) is 2.95. The van der Waals surface area contributed by atoms with Crippen molar-refractivity contribution in [2.75, 3.05) is 33.3 Å². The quantitative estimate of drug-likeness (QED) is 0.495. The topological polar surface area (TPSA) is 105 Å². The zero-order chi connectivity index (χ0) is 22.9. The molecule has 0 aliphatic carbocycles. The van der Waals surface area contributed by atoms with Gasteiger partial charge in [0.05, 0.1) is 30.1 Å². The predicted molar refractivity (Wildman–Crippen MR) is 120 cm³/mol. The van der Waals surface area contributed by atoms with Crippen molar-refractivity contribution in [1.82, 2.24) is 30.2 Å². The van der Waals surface area contributed by atoms with Gasteiger partial charge in [-0.05, 0) is 36.4 Å². The van der Waals surface area contributed by atoms with Crippen LogP contribution < -0.4 is 15.6 Å². The fourth-order valence-corrected chi connectivity index (χ4v) is 3.87. The van der Waals surface area contributed by atoms with Gasteiger partial charge in [0.1, 0.15) is 5.69 Å². The Hall–Kier alpha value is -4.05. The molecule has 1 amide bonds. The maximum atomic E-state index is 14.1. The van der Waals surface area contributed by atoms with Crippen LogP contribution in [0.2, 0.25) is 0 Å². The largest absolute Gasteiger partial charge is 0.494 e. The summed E-state index contributed by atoms with van der Waals surface area (Å²) in [6, 6.07) is 11.4. The molecule has 2 N–H and O–H groups in total. The van der Waals surface area contributed by atoms with E-state index in [9.17, 15) is 14.0 Å². The van der Waals surface area contributed by atoms with Crippen molar-refractivity contribution >= 4 is 16.8 Å². The highest BCUT2D eigenvalue weighted by atomic mass is 19.1. The first kappa shape index (κ1) is 20.8. The second-order valence-corrected chi connectivity index (χ2v) is 7.72. The van der Waals surface area contributed by atoms with Crippen LogP contribution in [0.1, 0.15) is 10.4 Å². The van der Waals surface area contributed by atoms with Crippen LogP contribution in [0.4, 0.5) is 4.39 Å². The number of halogens is 1. The molecule has 0 radical (unpaired) electrons. The number of hydrogen-bond donors (Lipinski definition) is 2. The van der Waals surface area contributed by atoms with E-state index in [1.807, 2.05) is 4.90 Å². The van der Waals surface area contributed by atoms with Gasteiger partial charge < -0.3 is 19.9 Å². The number of piperazine rings is 1. The number of nitrogens with one attached hydrogen (secondary N) is 2. The Kier molecular flexibility index (Phi) is 5.35. The van der Waals surface area contributed by atoms with Gasteiger partial charge in [0.15, 0.2) is 11.6 Å². The molecule has 0 atom stereocenters. The van der Waals surface area contributed by atoms with E-state index in [0.29, 0.717) is 40.9 Å². The molecule has 2 aromatic carbocycles. The van der Waals surface area contributed by atoms with Crippen LogP contribution in [0.3, 0.4) is 0 Å². The molecule has 9 nitrogen and oxygen atoms in total. The van der Waals surface area contributed by atoms with Crippen LogP contribution >= 0.6 is 0 Å². The van der Waals surface area contributed by atoms with Crippen molar-refractivity contribution in [3.8, 4) is 22.7 Å². The van der Waals surface area contributed by atoms with Crippen molar-refractivity contribution in [3.63, 3.8) is 0 Å². The predicted octanol–water partition coefficient (Wildman–Crippen LogP) is 1.97. The monoisotopic (exact) mass is 448 g/mol. The third kappa shape index (κ3) is 3.96. The lowest BCUT2D eigenvalue weighted by molar-refractivity contribution is 0.0736. The van der Waals surface area contributed by atoms with Crippen molar-refractivity contribution in [2.24, 2.45) is 0 Å². The number of ether oxygens (including phenoxy) is 1. The van der Waals surface area contributed by atoms with E-state index in [-0.39, 0.29) is 22.8 Å². The molecule has 5 rings (SSSR count). The molecule has 10 heteroatoms.